The topological polar surface area (TPSA) is 45.2 Å². The van der Waals surface area contributed by atoms with Gasteiger partial charge >= 0.3 is 0 Å². The quantitative estimate of drug-likeness (QED) is 0.748. The number of hydrogen-bond donors (Lipinski definition) is 1. The molecule has 4 rings (SSSR count). The molecule has 0 spiro atoms. The Hall–Kier alpha value is -3.21. The van der Waals surface area contributed by atoms with Gasteiger partial charge in [0, 0.05) is 30.0 Å². The predicted octanol–water partition coefficient (Wildman–Crippen LogP) is 4.42. The molecular weight excluding hydrogens is 341 g/mol. The summed E-state index contributed by atoms with van der Waals surface area (Å²) in [5, 5.41) is 3.09. The Bertz CT molecular complexity index is 971. The molecule has 136 valence electrons. The van der Waals surface area contributed by atoms with Crippen LogP contribution >= 0.6 is 0 Å². The molecule has 1 aromatic heterocycles. The molecule has 4 nitrogen and oxygen atoms in total. The number of para-hydroxylation sites is 1. The number of amides is 1. The Labute approximate surface area is 157 Å². The van der Waals surface area contributed by atoms with E-state index in [0.717, 1.165) is 12.1 Å². The van der Waals surface area contributed by atoms with E-state index in [1.165, 1.54) is 11.6 Å². The van der Waals surface area contributed by atoms with Gasteiger partial charge in [-0.2, -0.15) is 0 Å². The molecular formula is C22H20FN3O. The van der Waals surface area contributed by atoms with Gasteiger partial charge in [0.25, 0.3) is 5.91 Å². The smallest absolute Gasteiger partial charge is 0.260 e. The van der Waals surface area contributed by atoms with Crippen LogP contribution in [0.25, 0.3) is 0 Å². The molecule has 1 aliphatic rings. The number of anilines is 2. The average molecular weight is 361 g/mol. The third kappa shape index (κ3) is 3.40. The molecule has 1 N–H and O–H groups in total. The van der Waals surface area contributed by atoms with Gasteiger partial charge in [0.2, 0.25) is 0 Å². The molecule has 1 unspecified atom stereocenters. The van der Waals surface area contributed by atoms with Crippen LogP contribution in [0.5, 0.6) is 0 Å². The molecule has 0 radical (unpaired) electrons. The van der Waals surface area contributed by atoms with E-state index in [1.54, 1.807) is 36.5 Å². The number of fused-ring (bicyclic) bond motifs is 1. The summed E-state index contributed by atoms with van der Waals surface area (Å²) in [6.45, 7) is 2.39. The van der Waals surface area contributed by atoms with Crippen LogP contribution in [0.15, 0.2) is 66.9 Å². The van der Waals surface area contributed by atoms with Crippen LogP contribution in [0, 0.1) is 5.82 Å². The third-order valence-electron chi connectivity index (χ3n) is 4.85. The Morgan fingerprint density at radius 2 is 1.93 bits per heavy atom. The monoisotopic (exact) mass is 361 g/mol. The lowest BCUT2D eigenvalue weighted by Gasteiger charge is -2.22. The number of nitrogens with one attached hydrogen (secondary N) is 1. The maximum Gasteiger partial charge on any atom is 0.260 e. The minimum absolute atomic E-state index is 0.0550. The van der Waals surface area contributed by atoms with Crippen LogP contribution in [0.2, 0.25) is 0 Å². The number of carbonyl (C=O) groups excluding carboxylic acids is 1. The molecule has 0 saturated carbocycles. The summed E-state index contributed by atoms with van der Waals surface area (Å²) >= 11 is 0. The summed E-state index contributed by atoms with van der Waals surface area (Å²) in [6, 6.07) is 18.2. The number of hydrogen-bond acceptors (Lipinski definition) is 3. The number of pyridine rings is 1. The van der Waals surface area contributed by atoms with Crippen LogP contribution in [0.1, 0.15) is 28.4 Å². The van der Waals surface area contributed by atoms with Gasteiger partial charge < -0.3 is 10.2 Å². The minimum atomic E-state index is -0.251. The van der Waals surface area contributed by atoms with E-state index in [1.807, 2.05) is 23.1 Å². The zero-order valence-electron chi connectivity index (χ0n) is 15.0. The molecule has 5 heteroatoms. The zero-order valence-corrected chi connectivity index (χ0v) is 15.0. The zero-order chi connectivity index (χ0) is 18.8. The summed E-state index contributed by atoms with van der Waals surface area (Å²) in [5.74, 6) is 0.295. The highest BCUT2D eigenvalue weighted by molar-refractivity contribution is 6.07. The van der Waals surface area contributed by atoms with E-state index in [4.69, 9.17) is 0 Å². The average Bonchev–Trinajstić information content (AvgIpc) is 3.03. The molecule has 2 aromatic carbocycles. The second-order valence-electron chi connectivity index (χ2n) is 6.73. The first-order chi connectivity index (χ1) is 13.1. The van der Waals surface area contributed by atoms with Crippen molar-refractivity contribution in [2.75, 3.05) is 10.2 Å². The summed E-state index contributed by atoms with van der Waals surface area (Å²) < 4.78 is 13.7. The normalized spacial score (nSPS) is 15.5. The Balaban J connectivity index is 1.48. The summed E-state index contributed by atoms with van der Waals surface area (Å²) in [7, 11) is 0. The fourth-order valence-electron chi connectivity index (χ4n) is 3.47. The largest absolute Gasteiger partial charge is 0.366 e. The number of halogens is 1. The fourth-order valence-corrected chi connectivity index (χ4v) is 3.47. The maximum absolute atomic E-state index is 13.7. The molecule has 1 aliphatic heterocycles. The van der Waals surface area contributed by atoms with Crippen molar-refractivity contribution in [3.63, 3.8) is 0 Å². The molecule has 1 atom stereocenters. The standard InChI is InChI=1S/C22H20FN3O/c1-15-12-16-6-3-5-9-20(16)26(15)22(27)18-10-11-21(25-14-18)24-13-17-7-2-4-8-19(17)23/h2-11,14-15H,12-13H2,1H3,(H,24,25). The van der Waals surface area contributed by atoms with Crippen molar-refractivity contribution in [2.24, 2.45) is 0 Å². The first kappa shape index (κ1) is 17.2. The van der Waals surface area contributed by atoms with Crippen LogP contribution in [0.3, 0.4) is 0 Å². The molecule has 2 heterocycles. The Morgan fingerprint density at radius 3 is 2.70 bits per heavy atom. The molecule has 3 aromatic rings. The number of carbonyl (C=O) groups is 1. The van der Waals surface area contributed by atoms with E-state index in [0.29, 0.717) is 23.5 Å². The van der Waals surface area contributed by atoms with Crippen molar-refractivity contribution in [1.29, 1.82) is 0 Å². The van der Waals surface area contributed by atoms with E-state index in [2.05, 4.69) is 23.3 Å². The third-order valence-corrected chi connectivity index (χ3v) is 4.85. The molecule has 0 fully saturated rings. The SMILES string of the molecule is CC1Cc2ccccc2N1C(=O)c1ccc(NCc2ccccc2F)nc1. The second kappa shape index (κ2) is 7.19. The lowest BCUT2D eigenvalue weighted by atomic mass is 10.1. The lowest BCUT2D eigenvalue weighted by molar-refractivity contribution is 0.0981. The maximum atomic E-state index is 13.7. The van der Waals surface area contributed by atoms with Crippen LogP contribution < -0.4 is 10.2 Å². The number of nitrogens with zero attached hydrogens (tertiary/aromatic N) is 2. The predicted molar refractivity (Wildman–Crippen MR) is 104 cm³/mol. The van der Waals surface area contributed by atoms with Gasteiger partial charge in [-0.15, -0.1) is 0 Å². The van der Waals surface area contributed by atoms with Gasteiger partial charge in [0.05, 0.1) is 5.56 Å². The van der Waals surface area contributed by atoms with Crippen molar-refractivity contribution in [3.05, 3.63) is 89.4 Å². The molecule has 0 bridgehead atoms. The van der Waals surface area contributed by atoms with Gasteiger partial charge in [-0.25, -0.2) is 9.37 Å². The summed E-state index contributed by atoms with van der Waals surface area (Å²) in [6.07, 6.45) is 2.43. The molecule has 0 saturated heterocycles. The number of rotatable bonds is 4. The molecule has 1 amide bonds. The van der Waals surface area contributed by atoms with Crippen LogP contribution in [0.4, 0.5) is 15.9 Å². The Kier molecular flexibility index (Phi) is 4.59. The first-order valence-electron chi connectivity index (χ1n) is 8.98. The summed E-state index contributed by atoms with van der Waals surface area (Å²) in [5.41, 5.74) is 3.27. The van der Waals surface area contributed by atoms with E-state index in [9.17, 15) is 9.18 Å². The van der Waals surface area contributed by atoms with Gasteiger partial charge in [-0.05, 0) is 43.2 Å². The first-order valence-corrected chi connectivity index (χ1v) is 8.98. The molecule has 0 aliphatic carbocycles. The van der Waals surface area contributed by atoms with Crippen molar-refractivity contribution in [3.8, 4) is 0 Å². The highest BCUT2D eigenvalue weighted by atomic mass is 19.1. The van der Waals surface area contributed by atoms with E-state index in [-0.39, 0.29) is 17.8 Å². The van der Waals surface area contributed by atoms with Gasteiger partial charge in [-0.1, -0.05) is 36.4 Å². The van der Waals surface area contributed by atoms with Gasteiger partial charge in [-0.3, -0.25) is 4.79 Å². The van der Waals surface area contributed by atoms with Crippen molar-refractivity contribution >= 4 is 17.4 Å². The van der Waals surface area contributed by atoms with Crippen LogP contribution in [-0.4, -0.2) is 16.9 Å². The number of aromatic nitrogens is 1. The highest BCUT2D eigenvalue weighted by Crippen LogP contribution is 2.33. The van der Waals surface area contributed by atoms with Crippen molar-refractivity contribution in [1.82, 2.24) is 4.98 Å². The van der Waals surface area contributed by atoms with Crippen molar-refractivity contribution in [2.45, 2.75) is 25.9 Å². The van der Waals surface area contributed by atoms with Crippen molar-refractivity contribution < 1.29 is 9.18 Å². The van der Waals surface area contributed by atoms with E-state index < -0.39 is 0 Å². The highest BCUT2D eigenvalue weighted by Gasteiger charge is 2.31. The number of benzene rings is 2. The van der Waals surface area contributed by atoms with Crippen LogP contribution in [-0.2, 0) is 13.0 Å². The van der Waals surface area contributed by atoms with E-state index >= 15 is 0 Å². The minimum Gasteiger partial charge on any atom is -0.366 e. The van der Waals surface area contributed by atoms with Gasteiger partial charge in [0.15, 0.2) is 0 Å². The van der Waals surface area contributed by atoms with Gasteiger partial charge in [0.1, 0.15) is 11.6 Å². The second-order valence-corrected chi connectivity index (χ2v) is 6.73. The molecule has 27 heavy (non-hydrogen) atoms. The fraction of sp³-hybridized carbons (Fsp3) is 0.182. The lowest BCUT2D eigenvalue weighted by Crippen LogP contribution is -2.35. The Morgan fingerprint density at radius 1 is 1.15 bits per heavy atom. The summed E-state index contributed by atoms with van der Waals surface area (Å²) in [4.78, 5) is 19.1.